The van der Waals surface area contributed by atoms with Crippen molar-refractivity contribution in [1.82, 2.24) is 5.32 Å². The van der Waals surface area contributed by atoms with E-state index < -0.39 is 49.7 Å². The number of ether oxygens (including phenoxy) is 1. The molecule has 1 N–H and O–H groups in total. The minimum Gasteiger partial charge on any atom is -0.476 e. The third-order valence-electron chi connectivity index (χ3n) is 6.85. The molecule has 6 nitrogen and oxygen atoms in total. The molecular formula is C25H27ClF4N2O4S. The molecule has 1 amide bonds. The van der Waals surface area contributed by atoms with Crippen LogP contribution in [0, 0.1) is 5.82 Å². The molecule has 12 heteroatoms. The van der Waals surface area contributed by atoms with Gasteiger partial charge >= 0.3 is 6.18 Å². The highest BCUT2D eigenvalue weighted by Gasteiger charge is 2.44. The summed E-state index contributed by atoms with van der Waals surface area (Å²) in [6, 6.07) is 7.69. The molecule has 0 aromatic heterocycles. The van der Waals surface area contributed by atoms with Gasteiger partial charge in [-0.15, -0.1) is 0 Å². The lowest BCUT2D eigenvalue weighted by Gasteiger charge is -2.41. The Balaban J connectivity index is 1.46. The summed E-state index contributed by atoms with van der Waals surface area (Å²) in [6.07, 6.45) is -0.775. The van der Waals surface area contributed by atoms with E-state index in [4.69, 9.17) is 16.3 Å². The number of fused-ring (bicyclic) bond motifs is 2. The van der Waals surface area contributed by atoms with Gasteiger partial charge in [0.15, 0.2) is 21.2 Å². The van der Waals surface area contributed by atoms with Gasteiger partial charge in [-0.3, -0.25) is 4.79 Å². The van der Waals surface area contributed by atoms with Gasteiger partial charge in [0.05, 0.1) is 9.92 Å². The number of anilines is 1. The normalized spacial score (nSPS) is 22.2. The number of hydrogen-bond acceptors (Lipinski definition) is 5. The van der Waals surface area contributed by atoms with Crippen molar-refractivity contribution >= 4 is 33.0 Å². The Hall–Kier alpha value is -2.53. The first-order chi connectivity index (χ1) is 17.1. The Morgan fingerprint density at radius 2 is 1.65 bits per heavy atom. The van der Waals surface area contributed by atoms with Crippen LogP contribution in [-0.4, -0.2) is 44.3 Å². The molecule has 2 bridgehead atoms. The lowest BCUT2D eigenvalue weighted by molar-refractivity contribution is -0.144. The molecule has 4 rings (SSSR count). The Kier molecular flexibility index (Phi) is 7.17. The van der Waals surface area contributed by atoms with Crippen LogP contribution in [0.3, 0.4) is 0 Å². The number of hydrogen-bond donors (Lipinski definition) is 1. The summed E-state index contributed by atoms with van der Waals surface area (Å²) in [4.78, 5) is 15.6. The standard InChI is InChI=1S/C25H27ClF4N2O4S/c1-24(2,36-22-20(25(28,29)30)10-14(27)11-21(22)26)23(33)31-15-12-17-4-5-18(13-15)32(17)16-6-8-19(9-7-16)37(3,34)35/h6-11,15,17-18H,4-5,12-13H2,1-3H3,(H,31,33)/t15-,17+,18-. The predicted octanol–water partition coefficient (Wildman–Crippen LogP) is 5.38. The van der Waals surface area contributed by atoms with Crippen LogP contribution in [0.25, 0.3) is 0 Å². The molecule has 0 saturated carbocycles. The van der Waals surface area contributed by atoms with Crippen LogP contribution in [0.5, 0.6) is 5.75 Å². The zero-order valence-electron chi connectivity index (χ0n) is 20.4. The summed E-state index contributed by atoms with van der Waals surface area (Å²) in [7, 11) is -3.30. The fourth-order valence-corrected chi connectivity index (χ4v) is 5.99. The molecule has 2 aliphatic rings. The number of benzene rings is 2. The smallest absolute Gasteiger partial charge is 0.420 e. The minimum atomic E-state index is -4.93. The highest BCUT2D eigenvalue weighted by atomic mass is 35.5. The average molecular weight is 563 g/mol. The minimum absolute atomic E-state index is 0.112. The Morgan fingerprint density at radius 1 is 1.08 bits per heavy atom. The van der Waals surface area contributed by atoms with E-state index in [9.17, 15) is 30.8 Å². The number of carbonyl (C=O) groups excluding carboxylic acids is 1. The van der Waals surface area contributed by atoms with Crippen molar-refractivity contribution in [1.29, 1.82) is 0 Å². The summed E-state index contributed by atoms with van der Waals surface area (Å²) in [6.45, 7) is 2.66. The van der Waals surface area contributed by atoms with E-state index in [1.807, 2.05) is 0 Å². The molecule has 0 radical (unpaired) electrons. The SMILES string of the molecule is CC(C)(Oc1c(Cl)cc(F)cc1C(F)(F)F)C(=O)N[C@H]1C[C@H]2CC[C@@H](C1)N2c1ccc(S(C)(=O)=O)cc1. The van der Waals surface area contributed by atoms with E-state index in [1.165, 1.54) is 13.8 Å². The van der Waals surface area contributed by atoms with E-state index in [-0.39, 0.29) is 29.1 Å². The molecule has 2 aromatic carbocycles. The number of nitrogens with zero attached hydrogens (tertiary/aromatic N) is 1. The maximum Gasteiger partial charge on any atom is 0.420 e. The van der Waals surface area contributed by atoms with E-state index in [0.29, 0.717) is 18.9 Å². The maximum atomic E-state index is 13.6. The summed E-state index contributed by atoms with van der Waals surface area (Å²) < 4.78 is 83.0. The molecule has 202 valence electrons. The van der Waals surface area contributed by atoms with Crippen LogP contribution in [0.15, 0.2) is 41.3 Å². The van der Waals surface area contributed by atoms with Crippen molar-refractivity contribution in [2.75, 3.05) is 11.2 Å². The largest absolute Gasteiger partial charge is 0.476 e. The highest BCUT2D eigenvalue weighted by molar-refractivity contribution is 7.90. The zero-order chi connectivity index (χ0) is 27.3. The fraction of sp³-hybridized carbons (Fsp3) is 0.480. The molecule has 2 saturated heterocycles. The molecule has 2 heterocycles. The number of halogens is 5. The Morgan fingerprint density at radius 3 is 2.16 bits per heavy atom. The molecule has 0 aliphatic carbocycles. The molecule has 0 spiro atoms. The predicted molar refractivity (Wildman–Crippen MR) is 131 cm³/mol. The van der Waals surface area contributed by atoms with Crippen molar-refractivity contribution in [2.45, 2.75) is 74.3 Å². The average Bonchev–Trinajstić information content (AvgIpc) is 3.04. The number of carbonyl (C=O) groups is 1. The van der Waals surface area contributed by atoms with Gasteiger partial charge < -0.3 is 15.0 Å². The van der Waals surface area contributed by atoms with Crippen molar-refractivity contribution in [3.05, 3.63) is 52.8 Å². The van der Waals surface area contributed by atoms with Gasteiger partial charge in [0, 0.05) is 30.1 Å². The molecule has 37 heavy (non-hydrogen) atoms. The van der Waals surface area contributed by atoms with E-state index in [0.717, 1.165) is 24.8 Å². The summed E-state index contributed by atoms with van der Waals surface area (Å²) in [5.41, 5.74) is -2.22. The van der Waals surface area contributed by atoms with Crippen LogP contribution >= 0.6 is 11.6 Å². The number of piperidine rings is 1. The molecule has 3 atom stereocenters. The monoisotopic (exact) mass is 562 g/mol. The van der Waals surface area contributed by atoms with Gasteiger partial charge in [-0.2, -0.15) is 13.2 Å². The lowest BCUT2D eigenvalue weighted by atomic mass is 9.95. The summed E-state index contributed by atoms with van der Waals surface area (Å²) >= 11 is 5.86. The van der Waals surface area contributed by atoms with Crippen LogP contribution in [-0.2, 0) is 20.8 Å². The summed E-state index contributed by atoms with van der Waals surface area (Å²) in [5, 5.41) is 2.32. The Bertz CT molecular complexity index is 1290. The third kappa shape index (κ3) is 5.82. The van der Waals surface area contributed by atoms with Gasteiger partial charge in [-0.1, -0.05) is 11.6 Å². The molecule has 2 aliphatic heterocycles. The third-order valence-corrected chi connectivity index (χ3v) is 8.26. The van der Waals surface area contributed by atoms with E-state index in [2.05, 4.69) is 10.2 Å². The fourth-order valence-electron chi connectivity index (χ4n) is 5.12. The highest BCUT2D eigenvalue weighted by Crippen LogP contribution is 2.43. The van der Waals surface area contributed by atoms with Crippen molar-refractivity contribution < 1.29 is 35.5 Å². The van der Waals surface area contributed by atoms with Gasteiger partial charge in [0.1, 0.15) is 11.4 Å². The number of rotatable bonds is 6. The van der Waals surface area contributed by atoms with Crippen LogP contribution in [0.4, 0.5) is 23.2 Å². The van der Waals surface area contributed by atoms with Crippen molar-refractivity contribution in [3.8, 4) is 5.75 Å². The van der Waals surface area contributed by atoms with Crippen LogP contribution in [0.1, 0.15) is 45.1 Å². The van der Waals surface area contributed by atoms with Crippen LogP contribution in [0.2, 0.25) is 5.02 Å². The van der Waals surface area contributed by atoms with Crippen molar-refractivity contribution in [3.63, 3.8) is 0 Å². The zero-order valence-corrected chi connectivity index (χ0v) is 22.0. The number of sulfone groups is 1. The first kappa shape index (κ1) is 27.5. The van der Waals surface area contributed by atoms with Gasteiger partial charge in [0.2, 0.25) is 0 Å². The number of amides is 1. The molecular weight excluding hydrogens is 536 g/mol. The maximum absolute atomic E-state index is 13.6. The quantitative estimate of drug-likeness (QED) is 0.479. The number of nitrogens with one attached hydrogen (secondary N) is 1. The Labute approximate surface area is 217 Å². The van der Waals surface area contributed by atoms with Gasteiger partial charge in [-0.25, -0.2) is 12.8 Å². The second-order valence-electron chi connectivity index (χ2n) is 10.1. The first-order valence-electron chi connectivity index (χ1n) is 11.7. The van der Waals surface area contributed by atoms with Gasteiger partial charge in [-0.05, 0) is 75.9 Å². The van der Waals surface area contributed by atoms with E-state index in [1.54, 1.807) is 24.3 Å². The van der Waals surface area contributed by atoms with Crippen molar-refractivity contribution in [2.24, 2.45) is 0 Å². The van der Waals surface area contributed by atoms with Gasteiger partial charge in [0.25, 0.3) is 5.91 Å². The summed E-state index contributed by atoms with van der Waals surface area (Å²) in [5.74, 6) is -2.58. The lowest BCUT2D eigenvalue weighted by Crippen LogP contribution is -2.55. The second kappa shape index (κ2) is 9.65. The van der Waals surface area contributed by atoms with E-state index >= 15 is 0 Å². The molecule has 0 unspecified atom stereocenters. The second-order valence-corrected chi connectivity index (χ2v) is 12.5. The topological polar surface area (TPSA) is 75.7 Å². The van der Waals surface area contributed by atoms with Crippen LogP contribution < -0.4 is 15.0 Å². The molecule has 2 aromatic rings. The number of alkyl halides is 3. The molecule has 2 fully saturated rings. The first-order valence-corrected chi connectivity index (χ1v) is 14.0.